The Morgan fingerprint density at radius 1 is 1.17 bits per heavy atom. The van der Waals surface area contributed by atoms with Crippen LogP contribution in [0.15, 0.2) is 30.5 Å². The molecule has 0 radical (unpaired) electrons. The van der Waals surface area contributed by atoms with E-state index in [2.05, 4.69) is 11.1 Å². The van der Waals surface area contributed by atoms with Crippen molar-refractivity contribution in [2.75, 3.05) is 5.73 Å². The monoisotopic (exact) mass is 258 g/mol. The van der Waals surface area contributed by atoms with E-state index in [1.807, 2.05) is 24.4 Å². The van der Waals surface area contributed by atoms with Crippen molar-refractivity contribution in [1.82, 2.24) is 4.98 Å². The van der Waals surface area contributed by atoms with Crippen LogP contribution in [0.4, 0.5) is 5.00 Å². The Hall–Kier alpha value is -1.35. The van der Waals surface area contributed by atoms with Gasteiger partial charge < -0.3 is 5.73 Å². The average Bonchev–Trinajstić information content (AvgIpc) is 2.83. The van der Waals surface area contributed by atoms with Crippen molar-refractivity contribution in [3.8, 4) is 11.3 Å². The second-order valence-corrected chi connectivity index (χ2v) is 6.09. The van der Waals surface area contributed by atoms with Crippen LogP contribution >= 0.6 is 11.3 Å². The standard InChI is InChI=1S/C15H18N2S/c16-15-12(13-8-4-5-9-17-13)10-14(18-15)11-6-2-1-3-7-11/h4-5,8-11H,1-3,6-7,16H2. The lowest BCUT2D eigenvalue weighted by atomic mass is 9.88. The molecule has 0 unspecified atom stereocenters. The minimum absolute atomic E-state index is 0.725. The van der Waals surface area contributed by atoms with Gasteiger partial charge in [0.1, 0.15) is 0 Å². The predicted octanol–water partition coefficient (Wildman–Crippen LogP) is 4.44. The molecule has 3 heteroatoms. The number of hydrogen-bond acceptors (Lipinski definition) is 3. The van der Waals surface area contributed by atoms with Gasteiger partial charge in [0.25, 0.3) is 0 Å². The lowest BCUT2D eigenvalue weighted by Crippen LogP contribution is -2.02. The van der Waals surface area contributed by atoms with Crippen LogP contribution < -0.4 is 5.73 Å². The Labute approximate surface area is 112 Å². The van der Waals surface area contributed by atoms with Gasteiger partial charge in [-0.25, -0.2) is 0 Å². The maximum absolute atomic E-state index is 6.16. The normalized spacial score (nSPS) is 16.9. The van der Waals surface area contributed by atoms with Crippen LogP contribution in [0.25, 0.3) is 11.3 Å². The van der Waals surface area contributed by atoms with Gasteiger partial charge in [-0.15, -0.1) is 11.3 Å². The van der Waals surface area contributed by atoms with Crippen molar-refractivity contribution in [3.05, 3.63) is 35.3 Å². The van der Waals surface area contributed by atoms with Crippen molar-refractivity contribution in [3.63, 3.8) is 0 Å². The van der Waals surface area contributed by atoms with Gasteiger partial charge in [0, 0.05) is 16.6 Å². The molecular formula is C15H18N2S. The fourth-order valence-electron chi connectivity index (χ4n) is 2.74. The first-order valence-corrected chi connectivity index (χ1v) is 7.47. The molecule has 3 rings (SSSR count). The van der Waals surface area contributed by atoms with Crippen LogP contribution in [0.5, 0.6) is 0 Å². The molecule has 0 bridgehead atoms. The second-order valence-electron chi connectivity index (χ2n) is 4.98. The molecule has 94 valence electrons. The molecule has 0 aliphatic heterocycles. The fourth-order valence-corrected chi connectivity index (χ4v) is 3.84. The number of thiophene rings is 1. The zero-order chi connectivity index (χ0) is 12.4. The Bertz CT molecular complexity index is 513. The third-order valence-corrected chi connectivity index (χ3v) is 4.85. The number of hydrogen-bond donors (Lipinski definition) is 1. The van der Waals surface area contributed by atoms with Gasteiger partial charge in [-0.2, -0.15) is 0 Å². The lowest BCUT2D eigenvalue weighted by molar-refractivity contribution is 0.448. The number of nitrogens with two attached hydrogens (primary N) is 1. The number of rotatable bonds is 2. The molecule has 0 amide bonds. The van der Waals surface area contributed by atoms with Crippen LogP contribution in [0.3, 0.4) is 0 Å². The summed E-state index contributed by atoms with van der Waals surface area (Å²) in [5.74, 6) is 0.725. The third kappa shape index (κ3) is 2.27. The Balaban J connectivity index is 1.91. The van der Waals surface area contributed by atoms with Gasteiger partial charge >= 0.3 is 0 Å². The van der Waals surface area contributed by atoms with Crippen LogP contribution in [0.2, 0.25) is 0 Å². The lowest BCUT2D eigenvalue weighted by Gasteiger charge is -2.19. The van der Waals surface area contributed by atoms with Gasteiger partial charge in [0.05, 0.1) is 10.7 Å². The van der Waals surface area contributed by atoms with Gasteiger partial charge in [-0.3, -0.25) is 4.98 Å². The Kier molecular flexibility index (Phi) is 3.33. The highest BCUT2D eigenvalue weighted by atomic mass is 32.1. The number of nitrogens with zero attached hydrogens (tertiary/aromatic N) is 1. The largest absolute Gasteiger partial charge is 0.390 e. The van der Waals surface area contributed by atoms with Crippen LogP contribution in [-0.4, -0.2) is 4.98 Å². The van der Waals surface area contributed by atoms with E-state index in [1.54, 1.807) is 11.3 Å². The first kappa shape index (κ1) is 11.7. The van der Waals surface area contributed by atoms with Crippen LogP contribution in [-0.2, 0) is 0 Å². The molecule has 1 aliphatic rings. The number of aromatic nitrogens is 1. The predicted molar refractivity (Wildman–Crippen MR) is 77.8 cm³/mol. The maximum atomic E-state index is 6.16. The molecule has 1 aliphatic carbocycles. The summed E-state index contributed by atoms with van der Waals surface area (Å²) in [6, 6.07) is 8.25. The van der Waals surface area contributed by atoms with Gasteiger partial charge in [-0.05, 0) is 37.0 Å². The number of pyridine rings is 1. The molecule has 1 fully saturated rings. The molecule has 2 N–H and O–H groups in total. The summed E-state index contributed by atoms with van der Waals surface area (Å²) in [6.45, 7) is 0. The molecule has 2 aromatic rings. The van der Waals surface area contributed by atoms with E-state index in [0.29, 0.717) is 0 Å². The molecule has 0 saturated heterocycles. The average molecular weight is 258 g/mol. The van der Waals surface area contributed by atoms with Crippen LogP contribution in [0, 0.1) is 0 Å². The number of anilines is 1. The SMILES string of the molecule is Nc1sc(C2CCCCC2)cc1-c1ccccn1. The highest BCUT2D eigenvalue weighted by molar-refractivity contribution is 7.16. The van der Waals surface area contributed by atoms with E-state index < -0.39 is 0 Å². The first-order chi connectivity index (χ1) is 8.84. The summed E-state index contributed by atoms with van der Waals surface area (Å²) in [5, 5.41) is 0.911. The first-order valence-electron chi connectivity index (χ1n) is 6.65. The summed E-state index contributed by atoms with van der Waals surface area (Å²) in [4.78, 5) is 5.85. The quantitative estimate of drug-likeness (QED) is 0.865. The summed E-state index contributed by atoms with van der Waals surface area (Å²) < 4.78 is 0. The summed E-state index contributed by atoms with van der Waals surface area (Å²) >= 11 is 1.75. The summed E-state index contributed by atoms with van der Waals surface area (Å²) in [5.41, 5.74) is 8.26. The van der Waals surface area contributed by atoms with Gasteiger partial charge in [0.2, 0.25) is 0 Å². The second kappa shape index (κ2) is 5.11. The van der Waals surface area contributed by atoms with E-state index in [4.69, 9.17) is 5.73 Å². The highest BCUT2D eigenvalue weighted by Crippen LogP contribution is 2.41. The molecule has 2 nitrogen and oxygen atoms in total. The zero-order valence-electron chi connectivity index (χ0n) is 10.4. The van der Waals surface area contributed by atoms with E-state index in [9.17, 15) is 0 Å². The molecule has 0 spiro atoms. The Morgan fingerprint density at radius 3 is 2.72 bits per heavy atom. The van der Waals surface area contributed by atoms with E-state index in [0.717, 1.165) is 22.2 Å². The fraction of sp³-hybridized carbons (Fsp3) is 0.400. The van der Waals surface area contributed by atoms with Crippen molar-refractivity contribution < 1.29 is 0 Å². The van der Waals surface area contributed by atoms with Gasteiger partial charge in [0.15, 0.2) is 0 Å². The minimum atomic E-state index is 0.725. The Morgan fingerprint density at radius 2 is 2.00 bits per heavy atom. The third-order valence-electron chi connectivity index (χ3n) is 3.73. The number of nitrogen functional groups attached to an aromatic ring is 1. The van der Waals surface area contributed by atoms with E-state index in [-0.39, 0.29) is 0 Å². The maximum Gasteiger partial charge on any atom is 0.0954 e. The summed E-state index contributed by atoms with van der Waals surface area (Å²) in [6.07, 6.45) is 8.59. The van der Waals surface area contributed by atoms with Crippen LogP contribution in [0.1, 0.15) is 42.9 Å². The minimum Gasteiger partial charge on any atom is -0.390 e. The van der Waals surface area contributed by atoms with Crippen molar-refractivity contribution in [2.24, 2.45) is 0 Å². The van der Waals surface area contributed by atoms with Crippen molar-refractivity contribution in [1.29, 1.82) is 0 Å². The molecule has 2 heterocycles. The summed E-state index contributed by atoms with van der Waals surface area (Å²) in [7, 11) is 0. The van der Waals surface area contributed by atoms with Crippen molar-refractivity contribution in [2.45, 2.75) is 38.0 Å². The highest BCUT2D eigenvalue weighted by Gasteiger charge is 2.19. The van der Waals surface area contributed by atoms with Gasteiger partial charge in [-0.1, -0.05) is 25.3 Å². The zero-order valence-corrected chi connectivity index (χ0v) is 11.2. The topological polar surface area (TPSA) is 38.9 Å². The smallest absolute Gasteiger partial charge is 0.0954 e. The molecular weight excluding hydrogens is 240 g/mol. The van der Waals surface area contributed by atoms with E-state index in [1.165, 1.54) is 37.0 Å². The molecule has 18 heavy (non-hydrogen) atoms. The molecule has 2 aromatic heterocycles. The van der Waals surface area contributed by atoms with E-state index >= 15 is 0 Å². The molecule has 0 atom stereocenters. The molecule has 1 saturated carbocycles. The molecule has 0 aromatic carbocycles. The van der Waals surface area contributed by atoms with Crippen molar-refractivity contribution >= 4 is 16.3 Å².